The predicted molar refractivity (Wildman–Crippen MR) is 126 cm³/mol. The van der Waals surface area contributed by atoms with Crippen molar-refractivity contribution in [3.8, 4) is 0 Å². The molecule has 1 aromatic heterocycles. The van der Waals surface area contributed by atoms with E-state index in [2.05, 4.69) is 22.1 Å². The van der Waals surface area contributed by atoms with Crippen molar-refractivity contribution in [2.24, 2.45) is 4.99 Å². The summed E-state index contributed by atoms with van der Waals surface area (Å²) >= 11 is 5.84. The number of halogens is 3. The summed E-state index contributed by atoms with van der Waals surface area (Å²) in [6, 6.07) is 10.3. The molecule has 8 heteroatoms. The standard InChI is InChI=1S/C21H26ClFN4O.HI/c1-3-24-21(25-11-10-16-4-9-20(22)26-12-16)27-13-15(2)28-19(14-27)17-5-7-18(23)8-6-17;/h4-9,12,15,19H,3,10-11,13-14H2,1-2H3,(H,24,25);1H. The average molecular weight is 533 g/mol. The summed E-state index contributed by atoms with van der Waals surface area (Å²) in [5.74, 6) is 0.628. The molecule has 0 bridgehead atoms. The van der Waals surface area contributed by atoms with Crippen LogP contribution in [0, 0.1) is 5.82 Å². The van der Waals surface area contributed by atoms with Gasteiger partial charge in [-0.1, -0.05) is 29.8 Å². The molecule has 0 amide bonds. The fourth-order valence-electron chi connectivity index (χ4n) is 3.26. The molecular formula is C21H27ClFIN4O. The van der Waals surface area contributed by atoms with E-state index in [0.29, 0.717) is 18.2 Å². The number of nitrogens with zero attached hydrogens (tertiary/aromatic N) is 3. The number of pyridine rings is 1. The Morgan fingerprint density at radius 1 is 1.28 bits per heavy atom. The van der Waals surface area contributed by atoms with Crippen molar-refractivity contribution < 1.29 is 9.13 Å². The highest BCUT2D eigenvalue weighted by Gasteiger charge is 2.28. The topological polar surface area (TPSA) is 49.8 Å². The third-order valence-electron chi connectivity index (χ3n) is 4.59. The van der Waals surface area contributed by atoms with Crippen molar-refractivity contribution in [2.75, 3.05) is 26.2 Å². The fraction of sp³-hybridized carbons (Fsp3) is 0.429. The van der Waals surface area contributed by atoms with Crippen LogP contribution in [0.4, 0.5) is 4.39 Å². The summed E-state index contributed by atoms with van der Waals surface area (Å²) in [4.78, 5) is 11.1. The van der Waals surface area contributed by atoms with Crippen LogP contribution < -0.4 is 5.32 Å². The van der Waals surface area contributed by atoms with Crippen LogP contribution in [0.1, 0.15) is 31.1 Å². The van der Waals surface area contributed by atoms with Gasteiger partial charge < -0.3 is 15.0 Å². The number of ether oxygens (including phenoxy) is 1. The van der Waals surface area contributed by atoms with Gasteiger partial charge in [0.15, 0.2) is 5.96 Å². The van der Waals surface area contributed by atoms with Crippen LogP contribution in [-0.4, -0.2) is 48.1 Å². The van der Waals surface area contributed by atoms with Crippen LogP contribution in [0.15, 0.2) is 47.6 Å². The van der Waals surface area contributed by atoms with Gasteiger partial charge in [-0.25, -0.2) is 9.37 Å². The molecule has 0 spiro atoms. The molecule has 1 aliphatic heterocycles. The van der Waals surface area contributed by atoms with Gasteiger partial charge in [0.2, 0.25) is 0 Å². The first-order chi connectivity index (χ1) is 13.5. The molecule has 2 heterocycles. The Balaban J connectivity index is 0.00000300. The van der Waals surface area contributed by atoms with Gasteiger partial charge in [-0.15, -0.1) is 24.0 Å². The van der Waals surface area contributed by atoms with E-state index in [9.17, 15) is 4.39 Å². The highest BCUT2D eigenvalue weighted by atomic mass is 127. The second-order valence-electron chi connectivity index (χ2n) is 6.87. The van der Waals surface area contributed by atoms with Gasteiger partial charge in [0.25, 0.3) is 0 Å². The van der Waals surface area contributed by atoms with Gasteiger partial charge in [0.05, 0.1) is 12.6 Å². The van der Waals surface area contributed by atoms with Crippen molar-refractivity contribution in [1.82, 2.24) is 15.2 Å². The Bertz CT molecular complexity index is 788. The first-order valence-corrected chi connectivity index (χ1v) is 9.97. The maximum absolute atomic E-state index is 13.2. The smallest absolute Gasteiger partial charge is 0.194 e. The number of nitrogens with one attached hydrogen (secondary N) is 1. The quantitative estimate of drug-likeness (QED) is 0.267. The Morgan fingerprint density at radius 3 is 2.69 bits per heavy atom. The second kappa shape index (κ2) is 11.7. The summed E-state index contributed by atoms with van der Waals surface area (Å²) in [6.45, 7) is 6.97. The van der Waals surface area contributed by atoms with Gasteiger partial charge in [0.1, 0.15) is 17.1 Å². The Hall–Kier alpha value is -1.45. The molecule has 158 valence electrons. The highest BCUT2D eigenvalue weighted by Crippen LogP contribution is 2.25. The zero-order valence-corrected chi connectivity index (χ0v) is 19.7. The van der Waals surface area contributed by atoms with Gasteiger partial charge in [-0.05, 0) is 49.6 Å². The first kappa shape index (κ1) is 23.8. The maximum atomic E-state index is 13.2. The third kappa shape index (κ3) is 7.08. The predicted octanol–water partition coefficient (Wildman–Crippen LogP) is 4.46. The number of hydrogen-bond acceptors (Lipinski definition) is 3. The normalized spacial score (nSPS) is 19.6. The molecule has 1 fully saturated rings. The molecule has 0 aliphatic carbocycles. The summed E-state index contributed by atoms with van der Waals surface area (Å²) in [5, 5.41) is 3.87. The Kier molecular flexibility index (Phi) is 9.58. The van der Waals surface area contributed by atoms with Crippen molar-refractivity contribution in [2.45, 2.75) is 32.5 Å². The molecule has 2 unspecified atom stereocenters. The summed E-state index contributed by atoms with van der Waals surface area (Å²) < 4.78 is 19.3. The Labute approximate surface area is 193 Å². The second-order valence-corrected chi connectivity index (χ2v) is 7.25. The molecule has 3 rings (SSSR count). The number of benzene rings is 1. The number of aliphatic imine (C=N–C) groups is 1. The molecule has 2 atom stereocenters. The average Bonchev–Trinajstić information content (AvgIpc) is 2.69. The number of morpholine rings is 1. The van der Waals surface area contributed by atoms with E-state index in [-0.39, 0.29) is 42.0 Å². The van der Waals surface area contributed by atoms with E-state index in [1.54, 1.807) is 24.4 Å². The first-order valence-electron chi connectivity index (χ1n) is 9.59. The minimum atomic E-state index is -0.240. The van der Waals surface area contributed by atoms with Crippen molar-refractivity contribution in [1.29, 1.82) is 0 Å². The summed E-state index contributed by atoms with van der Waals surface area (Å²) in [7, 11) is 0. The van der Waals surface area contributed by atoms with Crippen molar-refractivity contribution >= 4 is 41.5 Å². The van der Waals surface area contributed by atoms with Crippen LogP contribution in [-0.2, 0) is 11.2 Å². The SMILES string of the molecule is CCNC(=NCCc1ccc(Cl)nc1)N1CC(C)OC(c2ccc(F)cc2)C1.I. The lowest BCUT2D eigenvalue weighted by Gasteiger charge is -2.38. The molecule has 1 N–H and O–H groups in total. The summed E-state index contributed by atoms with van der Waals surface area (Å²) in [5.41, 5.74) is 2.07. The molecule has 0 saturated carbocycles. The molecule has 29 heavy (non-hydrogen) atoms. The molecule has 1 saturated heterocycles. The zero-order valence-electron chi connectivity index (χ0n) is 16.6. The molecule has 1 aliphatic rings. The van der Waals surface area contributed by atoms with E-state index in [1.165, 1.54) is 12.1 Å². The van der Waals surface area contributed by atoms with E-state index in [0.717, 1.165) is 36.6 Å². The van der Waals surface area contributed by atoms with Crippen molar-refractivity contribution in [3.63, 3.8) is 0 Å². The van der Waals surface area contributed by atoms with Gasteiger partial charge in [0, 0.05) is 25.8 Å². The molecule has 1 aromatic carbocycles. The monoisotopic (exact) mass is 532 g/mol. The molecule has 2 aromatic rings. The largest absolute Gasteiger partial charge is 0.367 e. The zero-order chi connectivity index (χ0) is 19.9. The number of hydrogen-bond donors (Lipinski definition) is 1. The number of aromatic nitrogens is 1. The fourth-order valence-corrected chi connectivity index (χ4v) is 3.37. The van der Waals surface area contributed by atoms with Crippen LogP contribution in [0.25, 0.3) is 0 Å². The molecular weight excluding hydrogens is 506 g/mol. The Morgan fingerprint density at radius 2 is 2.03 bits per heavy atom. The summed E-state index contributed by atoms with van der Waals surface area (Å²) in [6.07, 6.45) is 2.51. The van der Waals surface area contributed by atoms with Crippen LogP contribution >= 0.6 is 35.6 Å². The van der Waals surface area contributed by atoms with Gasteiger partial charge in [-0.2, -0.15) is 0 Å². The minimum Gasteiger partial charge on any atom is -0.367 e. The van der Waals surface area contributed by atoms with Crippen LogP contribution in [0.5, 0.6) is 0 Å². The number of rotatable bonds is 5. The highest BCUT2D eigenvalue weighted by molar-refractivity contribution is 14.0. The lowest BCUT2D eigenvalue weighted by atomic mass is 10.1. The minimum absolute atomic E-state index is 0. The van der Waals surface area contributed by atoms with E-state index in [1.807, 2.05) is 13.0 Å². The van der Waals surface area contributed by atoms with Crippen molar-refractivity contribution in [3.05, 3.63) is 64.7 Å². The molecule has 0 radical (unpaired) electrons. The van der Waals surface area contributed by atoms with E-state index < -0.39 is 0 Å². The third-order valence-corrected chi connectivity index (χ3v) is 4.81. The van der Waals surface area contributed by atoms with Crippen LogP contribution in [0.3, 0.4) is 0 Å². The lowest BCUT2D eigenvalue weighted by molar-refractivity contribution is -0.0605. The van der Waals surface area contributed by atoms with E-state index >= 15 is 0 Å². The van der Waals surface area contributed by atoms with E-state index in [4.69, 9.17) is 21.3 Å². The molecule has 5 nitrogen and oxygen atoms in total. The lowest BCUT2D eigenvalue weighted by Crippen LogP contribution is -2.50. The van der Waals surface area contributed by atoms with Gasteiger partial charge in [-0.3, -0.25) is 4.99 Å². The number of guanidine groups is 1. The van der Waals surface area contributed by atoms with Crippen LogP contribution in [0.2, 0.25) is 5.15 Å². The van der Waals surface area contributed by atoms with Gasteiger partial charge >= 0.3 is 0 Å². The maximum Gasteiger partial charge on any atom is 0.194 e.